The van der Waals surface area contributed by atoms with Crippen molar-refractivity contribution in [1.29, 1.82) is 0 Å². The van der Waals surface area contributed by atoms with Crippen LogP contribution < -0.4 is 10.6 Å². The fourth-order valence-corrected chi connectivity index (χ4v) is 3.60. The molecule has 1 aromatic rings. The van der Waals surface area contributed by atoms with Crippen LogP contribution >= 0.6 is 11.3 Å². The first-order valence-electron chi connectivity index (χ1n) is 7.06. The molecular formula is C14H25N3S. The topological polar surface area (TPSA) is 37.0 Å². The van der Waals surface area contributed by atoms with E-state index < -0.39 is 0 Å². The molecule has 2 atom stereocenters. The minimum Gasteiger partial charge on any atom is -0.316 e. The van der Waals surface area contributed by atoms with Gasteiger partial charge in [0.1, 0.15) is 0 Å². The minimum absolute atomic E-state index is 0.497. The average molecular weight is 267 g/mol. The van der Waals surface area contributed by atoms with E-state index in [4.69, 9.17) is 0 Å². The molecule has 2 unspecified atom stereocenters. The third-order valence-corrected chi connectivity index (χ3v) is 4.94. The maximum Gasteiger partial charge on any atom is 0.0965 e. The highest BCUT2D eigenvalue weighted by atomic mass is 32.1. The zero-order chi connectivity index (χ0) is 12.8. The minimum atomic E-state index is 0.497. The van der Waals surface area contributed by atoms with Gasteiger partial charge in [-0.05, 0) is 24.8 Å². The van der Waals surface area contributed by atoms with Gasteiger partial charge in [0, 0.05) is 37.1 Å². The Labute approximate surface area is 114 Å². The smallest absolute Gasteiger partial charge is 0.0965 e. The summed E-state index contributed by atoms with van der Waals surface area (Å²) >= 11 is 1.76. The van der Waals surface area contributed by atoms with Crippen molar-refractivity contribution in [3.8, 4) is 0 Å². The van der Waals surface area contributed by atoms with E-state index in [1.54, 1.807) is 11.3 Å². The summed E-state index contributed by atoms with van der Waals surface area (Å²) in [4.78, 5) is 4.39. The summed E-state index contributed by atoms with van der Waals surface area (Å²) in [7, 11) is 0. The number of hydrogen-bond acceptors (Lipinski definition) is 4. The molecule has 2 rings (SSSR count). The maximum absolute atomic E-state index is 4.39. The van der Waals surface area contributed by atoms with Gasteiger partial charge in [-0.15, -0.1) is 11.3 Å². The van der Waals surface area contributed by atoms with Crippen LogP contribution in [0.25, 0.3) is 0 Å². The number of hydrogen-bond donors (Lipinski definition) is 2. The van der Waals surface area contributed by atoms with Gasteiger partial charge in [-0.2, -0.15) is 0 Å². The van der Waals surface area contributed by atoms with E-state index >= 15 is 0 Å². The summed E-state index contributed by atoms with van der Waals surface area (Å²) in [5, 5.41) is 10.5. The number of nitrogens with one attached hydrogen (secondary N) is 2. The van der Waals surface area contributed by atoms with E-state index in [1.165, 1.54) is 37.4 Å². The van der Waals surface area contributed by atoms with Crippen molar-refractivity contribution in [3.05, 3.63) is 16.6 Å². The van der Waals surface area contributed by atoms with Crippen molar-refractivity contribution in [2.45, 2.75) is 39.0 Å². The first-order chi connectivity index (χ1) is 8.76. The monoisotopic (exact) mass is 267 g/mol. The maximum atomic E-state index is 4.39. The van der Waals surface area contributed by atoms with E-state index in [-0.39, 0.29) is 0 Å². The number of rotatable bonds is 7. The van der Waals surface area contributed by atoms with Crippen LogP contribution in [-0.4, -0.2) is 31.2 Å². The summed E-state index contributed by atoms with van der Waals surface area (Å²) < 4.78 is 0. The van der Waals surface area contributed by atoms with E-state index in [2.05, 4.69) is 34.8 Å². The van der Waals surface area contributed by atoms with Crippen molar-refractivity contribution in [1.82, 2.24) is 15.6 Å². The molecule has 1 aliphatic heterocycles. The summed E-state index contributed by atoms with van der Waals surface area (Å²) in [6, 6.07) is 0. The molecule has 102 valence electrons. The van der Waals surface area contributed by atoms with Gasteiger partial charge in [0.05, 0.1) is 5.01 Å². The molecule has 3 nitrogen and oxygen atoms in total. The molecule has 1 fully saturated rings. The van der Waals surface area contributed by atoms with Gasteiger partial charge in [-0.1, -0.05) is 20.3 Å². The summed E-state index contributed by atoms with van der Waals surface area (Å²) in [5.41, 5.74) is 0.497. The van der Waals surface area contributed by atoms with E-state index in [1.807, 2.05) is 6.20 Å². The molecule has 1 aromatic heterocycles. The highest BCUT2D eigenvalue weighted by Crippen LogP contribution is 2.30. The fraction of sp³-hybridized carbons (Fsp3) is 0.786. The zero-order valence-electron chi connectivity index (χ0n) is 11.5. The van der Waals surface area contributed by atoms with Gasteiger partial charge in [0.15, 0.2) is 0 Å². The van der Waals surface area contributed by atoms with Gasteiger partial charge >= 0.3 is 0 Å². The lowest BCUT2D eigenvalue weighted by molar-refractivity contribution is 0.275. The molecule has 4 heteroatoms. The Morgan fingerprint density at radius 2 is 2.50 bits per heavy atom. The second-order valence-electron chi connectivity index (χ2n) is 5.58. The van der Waals surface area contributed by atoms with Gasteiger partial charge in [0.2, 0.25) is 0 Å². The lowest BCUT2D eigenvalue weighted by Crippen LogP contribution is -2.37. The van der Waals surface area contributed by atoms with E-state index in [0.29, 0.717) is 11.3 Å². The van der Waals surface area contributed by atoms with E-state index in [0.717, 1.165) is 13.1 Å². The number of aromatic nitrogens is 1. The van der Waals surface area contributed by atoms with Gasteiger partial charge in [-0.25, -0.2) is 4.98 Å². The van der Waals surface area contributed by atoms with Gasteiger partial charge < -0.3 is 10.6 Å². The van der Waals surface area contributed by atoms with Gasteiger partial charge in [0.25, 0.3) is 0 Å². The molecule has 0 spiro atoms. The molecule has 0 amide bonds. The molecule has 1 saturated heterocycles. The Kier molecular flexibility index (Phi) is 5.15. The van der Waals surface area contributed by atoms with Crippen LogP contribution in [0.15, 0.2) is 11.6 Å². The average Bonchev–Trinajstić information content (AvgIpc) is 3.00. The van der Waals surface area contributed by atoms with Crippen LogP contribution in [0.1, 0.15) is 44.0 Å². The molecular weight excluding hydrogens is 242 g/mol. The normalized spacial score (nSPS) is 25.4. The Hall–Kier alpha value is -0.450. The predicted molar refractivity (Wildman–Crippen MR) is 78.2 cm³/mol. The van der Waals surface area contributed by atoms with Crippen LogP contribution in [0.2, 0.25) is 0 Å². The summed E-state index contributed by atoms with van der Waals surface area (Å²) in [6.07, 6.45) is 5.83. The SMILES string of the molecule is CCCC1(CNCC(C)c2nccs2)CCNC1. The molecule has 1 aliphatic rings. The standard InChI is InChI=1S/C14H25N3S/c1-3-4-14(5-6-15-10-14)11-16-9-12(2)13-17-7-8-18-13/h7-8,12,15-16H,3-6,9-11H2,1-2H3. The number of thiazole rings is 1. The van der Waals surface area contributed by atoms with Crippen molar-refractivity contribution in [2.75, 3.05) is 26.2 Å². The first-order valence-corrected chi connectivity index (χ1v) is 7.94. The van der Waals surface area contributed by atoms with Crippen LogP contribution in [0.4, 0.5) is 0 Å². The van der Waals surface area contributed by atoms with Crippen LogP contribution in [-0.2, 0) is 0 Å². The lowest BCUT2D eigenvalue weighted by atomic mass is 9.82. The first kappa shape index (κ1) is 14.0. The second kappa shape index (κ2) is 6.64. The third-order valence-electron chi connectivity index (χ3n) is 3.94. The van der Waals surface area contributed by atoms with Crippen molar-refractivity contribution in [2.24, 2.45) is 5.41 Å². The van der Waals surface area contributed by atoms with Gasteiger partial charge in [-0.3, -0.25) is 0 Å². The summed E-state index contributed by atoms with van der Waals surface area (Å²) in [5.74, 6) is 0.526. The van der Waals surface area contributed by atoms with E-state index in [9.17, 15) is 0 Å². The van der Waals surface area contributed by atoms with Crippen LogP contribution in [0.3, 0.4) is 0 Å². The van der Waals surface area contributed by atoms with Crippen molar-refractivity contribution in [3.63, 3.8) is 0 Å². The molecule has 0 bridgehead atoms. The Morgan fingerprint density at radius 1 is 1.61 bits per heavy atom. The molecule has 0 aliphatic carbocycles. The summed E-state index contributed by atoms with van der Waals surface area (Å²) in [6.45, 7) is 9.09. The Bertz CT molecular complexity index is 331. The lowest BCUT2D eigenvalue weighted by Gasteiger charge is -2.28. The number of nitrogens with zero attached hydrogens (tertiary/aromatic N) is 1. The quantitative estimate of drug-likeness (QED) is 0.797. The highest BCUT2D eigenvalue weighted by molar-refractivity contribution is 7.09. The Balaban J connectivity index is 1.76. The second-order valence-corrected chi connectivity index (χ2v) is 6.51. The Morgan fingerprint density at radius 3 is 3.11 bits per heavy atom. The van der Waals surface area contributed by atoms with Crippen molar-refractivity contribution >= 4 is 11.3 Å². The molecule has 2 heterocycles. The molecule has 18 heavy (non-hydrogen) atoms. The van der Waals surface area contributed by atoms with Crippen LogP contribution in [0, 0.1) is 5.41 Å². The molecule has 0 aromatic carbocycles. The predicted octanol–water partition coefficient (Wildman–Crippen LogP) is 2.62. The van der Waals surface area contributed by atoms with Crippen LogP contribution in [0.5, 0.6) is 0 Å². The third kappa shape index (κ3) is 3.53. The molecule has 0 radical (unpaired) electrons. The van der Waals surface area contributed by atoms with Crippen molar-refractivity contribution < 1.29 is 0 Å². The highest BCUT2D eigenvalue weighted by Gasteiger charge is 2.32. The fourth-order valence-electron chi connectivity index (χ4n) is 2.90. The zero-order valence-corrected chi connectivity index (χ0v) is 12.4. The molecule has 0 saturated carbocycles. The largest absolute Gasteiger partial charge is 0.316 e. The molecule has 2 N–H and O–H groups in total.